The molecule has 7 nitrogen and oxygen atoms in total. The summed E-state index contributed by atoms with van der Waals surface area (Å²) in [5, 5.41) is 0. The molecule has 0 spiro atoms. The average Bonchev–Trinajstić information content (AvgIpc) is 3.74. The summed E-state index contributed by atoms with van der Waals surface area (Å²) in [7, 11) is 1.46. The van der Waals surface area contributed by atoms with Gasteiger partial charge in [-0.2, -0.15) is 0 Å². The molecule has 4 bridgehead atoms. The summed E-state index contributed by atoms with van der Waals surface area (Å²) in [6.45, 7) is 13.1. The van der Waals surface area contributed by atoms with Gasteiger partial charge in [0.05, 0.1) is 33.3 Å². The normalized spacial score (nSPS) is 29.1. The first-order valence-electron chi connectivity index (χ1n) is 16.9. The van der Waals surface area contributed by atoms with Crippen molar-refractivity contribution >= 4 is 29.9 Å². The first kappa shape index (κ1) is 38.2. The molecule has 2 unspecified atom stereocenters. The first-order chi connectivity index (χ1) is 21.2. The van der Waals surface area contributed by atoms with Crippen LogP contribution in [0.5, 0.6) is 0 Å². The minimum Gasteiger partial charge on any atom is -1.00 e. The average molecular weight is 676 g/mol. The largest absolute Gasteiger partial charge is 1.00 e. The van der Waals surface area contributed by atoms with Crippen LogP contribution in [-0.2, 0) is 19.1 Å². The third-order valence-corrected chi connectivity index (χ3v) is 11.0. The highest BCUT2D eigenvalue weighted by molar-refractivity contribution is 5.85. The first-order valence-corrected chi connectivity index (χ1v) is 16.9. The van der Waals surface area contributed by atoms with E-state index < -0.39 is 0 Å². The Kier molecular flexibility index (Phi) is 14.7. The number of ether oxygens (including phenoxy) is 1. The number of esters is 1. The van der Waals surface area contributed by atoms with Gasteiger partial charge in [-0.25, -0.2) is 0 Å². The number of nitrogens with one attached hydrogen (secondary N) is 1. The number of Topliss-reactive ketones (excluding diaryl/α,β-unsaturated/α-hetero) is 2. The molecule has 5 aliphatic heterocycles. The van der Waals surface area contributed by atoms with Gasteiger partial charge < -0.3 is 26.5 Å². The van der Waals surface area contributed by atoms with E-state index in [2.05, 4.69) is 73.3 Å². The quantitative estimate of drug-likeness (QED) is 0.372. The number of likely N-dealkylation sites (tertiary alicyclic amines) is 1. The fourth-order valence-electron chi connectivity index (χ4n) is 8.39. The number of fused-ring (bicyclic) bond motifs is 4. The Hall–Kier alpha value is -2.29. The summed E-state index contributed by atoms with van der Waals surface area (Å²) in [6, 6.07) is 22.1. The predicted molar refractivity (Wildman–Crippen MR) is 179 cm³/mol. The van der Waals surface area contributed by atoms with E-state index in [1.54, 1.807) is 0 Å². The van der Waals surface area contributed by atoms with Crippen LogP contribution in [0.3, 0.4) is 0 Å². The third kappa shape index (κ3) is 9.86. The summed E-state index contributed by atoms with van der Waals surface area (Å²) >= 11 is 0. The Bertz CT molecular complexity index is 1250. The number of piperidine rings is 2. The molecule has 7 atom stereocenters. The summed E-state index contributed by atoms with van der Waals surface area (Å²) in [6.07, 6.45) is 5.88. The summed E-state index contributed by atoms with van der Waals surface area (Å²) in [4.78, 5) is 38.0. The standard InChI is InChI=1S/C15H21NO2.C15H20NO.C7H11NO.2ClH/c1-12(14-6-4-3-5-7-14)16-9-8-13(11-16)10-15(17)18-2;1-12(14-5-3-2-4-6-14)16-8-7-13(10-16)9-15(17)11-16;9-7-3-6-1-2-8(4-6)5-7;;/h3-7,12-13H,8-11H2,1-2H3;2-6,12-13H,7-11H2,1H3;6H,1-5H2;2*1H/q;+1;;;/t12-,13+;12-,13+,16?;6-;;/m001../s1. The van der Waals surface area contributed by atoms with Crippen molar-refractivity contribution in [1.82, 2.24) is 4.90 Å². The van der Waals surface area contributed by atoms with Crippen LogP contribution in [0.2, 0.25) is 0 Å². The Morgan fingerprint density at radius 2 is 1.59 bits per heavy atom. The number of hydrogen-bond donors (Lipinski definition) is 1. The molecule has 5 aliphatic rings. The van der Waals surface area contributed by atoms with Crippen molar-refractivity contribution in [3.05, 3.63) is 71.8 Å². The number of ketones is 2. The lowest BCUT2D eigenvalue weighted by Gasteiger charge is -2.42. The number of carbonyl (C=O) groups excluding carboxylic acids is 3. The topological polar surface area (TPSA) is 68.1 Å². The van der Waals surface area contributed by atoms with E-state index in [0.717, 1.165) is 55.8 Å². The zero-order valence-electron chi connectivity index (χ0n) is 27.9. The number of halogens is 2. The summed E-state index contributed by atoms with van der Waals surface area (Å²) in [5.41, 5.74) is 2.72. The molecule has 254 valence electrons. The molecule has 1 N–H and O–H groups in total. The molecule has 5 heterocycles. The third-order valence-electron chi connectivity index (χ3n) is 11.0. The van der Waals surface area contributed by atoms with E-state index in [-0.39, 0.29) is 30.8 Å². The summed E-state index contributed by atoms with van der Waals surface area (Å²) < 4.78 is 5.74. The van der Waals surface area contributed by atoms with Gasteiger partial charge in [-0.3, -0.25) is 19.3 Å². The van der Waals surface area contributed by atoms with E-state index in [4.69, 9.17) is 4.74 Å². The number of benzene rings is 2. The predicted octanol–water partition coefficient (Wildman–Crippen LogP) is 1.48. The van der Waals surface area contributed by atoms with E-state index in [1.165, 1.54) is 62.2 Å². The second-order valence-corrected chi connectivity index (χ2v) is 14.1. The zero-order chi connectivity index (χ0) is 31.1. The number of carbonyl (C=O) groups is 3. The van der Waals surface area contributed by atoms with Crippen molar-refractivity contribution in [3.8, 4) is 0 Å². The van der Waals surface area contributed by atoms with Crippen LogP contribution in [0.15, 0.2) is 60.7 Å². The Labute approximate surface area is 288 Å². The van der Waals surface area contributed by atoms with Gasteiger partial charge in [-0.05, 0) is 38.3 Å². The number of quaternary nitrogens is 2. The van der Waals surface area contributed by atoms with Crippen LogP contribution < -0.4 is 17.3 Å². The van der Waals surface area contributed by atoms with Crippen LogP contribution in [0, 0.1) is 17.8 Å². The zero-order valence-corrected chi connectivity index (χ0v) is 29.4. The highest BCUT2D eigenvalue weighted by Gasteiger charge is 2.48. The number of rotatable bonds is 6. The van der Waals surface area contributed by atoms with E-state index in [9.17, 15) is 14.4 Å². The van der Waals surface area contributed by atoms with Gasteiger partial charge in [-0.1, -0.05) is 60.7 Å². The molecule has 2 aromatic carbocycles. The molecule has 7 rings (SSSR count). The van der Waals surface area contributed by atoms with E-state index >= 15 is 0 Å². The lowest BCUT2D eigenvalue weighted by atomic mass is 9.96. The Balaban J connectivity index is 0.000000192. The molecule has 0 radical (unpaired) electrons. The SMILES string of the molecule is COC(=O)C[C@H]1CCN([C@@H](C)c2ccccc2)C1.C[C@@H](c1ccccc1)[N+]12CC[C@H](CC(=O)C1)C2.Cl.O=C1C[C@H]2CC[NH+](C1)C2.[Cl-]. The minimum atomic E-state index is -0.0887. The lowest BCUT2D eigenvalue weighted by Crippen LogP contribution is -3.12. The molecule has 0 saturated carbocycles. The van der Waals surface area contributed by atoms with Crippen LogP contribution >= 0.6 is 12.4 Å². The lowest BCUT2D eigenvalue weighted by molar-refractivity contribution is -0.940. The fraction of sp³-hybridized carbons (Fsp3) is 0.595. The number of hydrogen-bond acceptors (Lipinski definition) is 5. The maximum absolute atomic E-state index is 11.8. The highest BCUT2D eigenvalue weighted by Crippen LogP contribution is 2.40. The highest BCUT2D eigenvalue weighted by atomic mass is 35.5. The molecule has 0 aromatic heterocycles. The van der Waals surface area contributed by atoms with Gasteiger partial charge in [0.15, 0.2) is 11.6 Å². The Morgan fingerprint density at radius 1 is 0.935 bits per heavy atom. The van der Waals surface area contributed by atoms with Crippen LogP contribution in [0.25, 0.3) is 0 Å². The number of nitrogens with zero attached hydrogens (tertiary/aromatic N) is 2. The molecule has 46 heavy (non-hydrogen) atoms. The minimum absolute atomic E-state index is 0. The van der Waals surface area contributed by atoms with Crippen molar-refractivity contribution in [1.29, 1.82) is 0 Å². The maximum Gasteiger partial charge on any atom is 0.305 e. The van der Waals surface area contributed by atoms with Gasteiger partial charge in [0.1, 0.15) is 19.1 Å². The number of methoxy groups -OCH3 is 1. The second-order valence-electron chi connectivity index (χ2n) is 14.1. The molecular weight excluding hydrogens is 621 g/mol. The summed E-state index contributed by atoms with van der Waals surface area (Å²) in [5.74, 6) is 2.72. The van der Waals surface area contributed by atoms with E-state index in [1.807, 2.05) is 6.07 Å². The molecule has 9 heteroatoms. The molecular formula is C37H54Cl2N3O4+. The smallest absolute Gasteiger partial charge is 0.305 e. The van der Waals surface area contributed by atoms with Gasteiger partial charge in [0, 0.05) is 62.1 Å². The van der Waals surface area contributed by atoms with Crippen molar-refractivity contribution in [3.63, 3.8) is 0 Å². The molecule has 0 amide bonds. The van der Waals surface area contributed by atoms with Gasteiger partial charge in [0.25, 0.3) is 0 Å². The molecule has 5 saturated heterocycles. The van der Waals surface area contributed by atoms with Crippen molar-refractivity contribution in [2.24, 2.45) is 17.8 Å². The van der Waals surface area contributed by atoms with Crippen LogP contribution in [-0.4, -0.2) is 86.4 Å². The van der Waals surface area contributed by atoms with Crippen molar-refractivity contribution in [2.75, 3.05) is 59.5 Å². The van der Waals surface area contributed by atoms with Crippen LogP contribution in [0.4, 0.5) is 0 Å². The van der Waals surface area contributed by atoms with Crippen LogP contribution in [0.1, 0.15) is 75.6 Å². The van der Waals surface area contributed by atoms with E-state index in [0.29, 0.717) is 41.9 Å². The van der Waals surface area contributed by atoms with Gasteiger partial charge in [0.2, 0.25) is 0 Å². The fourth-order valence-corrected chi connectivity index (χ4v) is 8.39. The van der Waals surface area contributed by atoms with Gasteiger partial charge >= 0.3 is 5.97 Å². The molecule has 2 aromatic rings. The van der Waals surface area contributed by atoms with Gasteiger partial charge in [-0.15, -0.1) is 12.4 Å². The van der Waals surface area contributed by atoms with Crippen molar-refractivity contribution in [2.45, 2.75) is 64.5 Å². The molecule has 0 aliphatic carbocycles. The molecule has 5 fully saturated rings. The maximum atomic E-state index is 11.8. The monoisotopic (exact) mass is 674 g/mol. The Morgan fingerprint density at radius 3 is 2.24 bits per heavy atom. The van der Waals surface area contributed by atoms with Crippen molar-refractivity contribution < 1.29 is 40.9 Å². The second kappa shape index (κ2) is 17.7.